The summed E-state index contributed by atoms with van der Waals surface area (Å²) < 4.78 is 5.05. The van der Waals surface area contributed by atoms with Gasteiger partial charge >= 0.3 is 0 Å². The Bertz CT molecular complexity index is 485. The first-order valence-corrected chi connectivity index (χ1v) is 3.98. The Balaban J connectivity index is 2.27. The van der Waals surface area contributed by atoms with E-state index < -0.39 is 0 Å². The molecule has 2 aromatic heterocycles. The molecule has 0 radical (unpaired) electrons. The van der Waals surface area contributed by atoms with Crippen LogP contribution in [-0.2, 0) is 0 Å². The van der Waals surface area contributed by atoms with Gasteiger partial charge in [-0.1, -0.05) is 0 Å². The van der Waals surface area contributed by atoms with Crippen molar-refractivity contribution in [2.75, 3.05) is 0 Å². The lowest BCUT2D eigenvalue weighted by Gasteiger charge is -1.87. The number of nitrogens with zero attached hydrogens (tertiary/aromatic N) is 2. The Hall–Kier alpha value is -2.17. The largest absolute Gasteiger partial charge is 0.465 e. The molecule has 2 aromatic rings. The van der Waals surface area contributed by atoms with E-state index in [-0.39, 0.29) is 11.3 Å². The molecule has 2 rings (SSSR count). The maximum absolute atomic E-state index is 11.1. The fraction of sp³-hybridized carbons (Fsp3) is 0. The molecule has 1 N–H and O–H groups in total. The average molecular weight is 189 g/mol. The molecule has 2 heterocycles. The van der Waals surface area contributed by atoms with Crippen LogP contribution in [0, 0.1) is 0 Å². The SMILES string of the molecule is O=c1[nH]cnnc1/C=C/c1ccco1. The molecule has 0 spiro atoms. The fourth-order valence-corrected chi connectivity index (χ4v) is 0.954. The summed E-state index contributed by atoms with van der Waals surface area (Å²) in [6.07, 6.45) is 6.00. The van der Waals surface area contributed by atoms with E-state index in [1.807, 2.05) is 0 Å². The summed E-state index contributed by atoms with van der Waals surface area (Å²) in [5.41, 5.74) is -0.0216. The quantitative estimate of drug-likeness (QED) is 0.762. The lowest BCUT2D eigenvalue weighted by molar-refractivity contribution is 0.557. The molecule has 0 saturated carbocycles. The van der Waals surface area contributed by atoms with Crippen LogP contribution in [0.3, 0.4) is 0 Å². The van der Waals surface area contributed by atoms with Crippen molar-refractivity contribution in [3.63, 3.8) is 0 Å². The van der Waals surface area contributed by atoms with Crippen LogP contribution in [-0.4, -0.2) is 15.2 Å². The molecule has 0 fully saturated rings. The van der Waals surface area contributed by atoms with E-state index in [2.05, 4.69) is 15.2 Å². The van der Waals surface area contributed by atoms with Gasteiger partial charge in [-0.15, -0.1) is 10.2 Å². The summed E-state index contributed by atoms with van der Waals surface area (Å²) in [6.45, 7) is 0. The molecule has 0 aliphatic carbocycles. The van der Waals surface area contributed by atoms with Crippen molar-refractivity contribution in [2.45, 2.75) is 0 Å². The summed E-state index contributed by atoms with van der Waals surface area (Å²) >= 11 is 0. The first-order valence-electron chi connectivity index (χ1n) is 3.98. The first-order chi connectivity index (χ1) is 6.86. The molecule has 14 heavy (non-hydrogen) atoms. The summed E-state index contributed by atoms with van der Waals surface area (Å²) in [4.78, 5) is 13.6. The molecule has 0 atom stereocenters. The van der Waals surface area contributed by atoms with Crippen LogP contribution >= 0.6 is 0 Å². The zero-order valence-corrected chi connectivity index (χ0v) is 7.18. The molecular weight excluding hydrogens is 182 g/mol. The highest BCUT2D eigenvalue weighted by Crippen LogP contribution is 2.03. The van der Waals surface area contributed by atoms with Crippen LogP contribution in [0.4, 0.5) is 0 Å². The Morgan fingerprint density at radius 2 is 2.36 bits per heavy atom. The Morgan fingerprint density at radius 3 is 3.07 bits per heavy atom. The Morgan fingerprint density at radius 1 is 1.43 bits per heavy atom. The number of nitrogens with one attached hydrogen (secondary N) is 1. The van der Waals surface area contributed by atoms with Gasteiger partial charge in [-0.3, -0.25) is 4.79 Å². The molecular formula is C9H7N3O2. The predicted octanol–water partition coefficient (Wildman–Crippen LogP) is 0.928. The van der Waals surface area contributed by atoms with Crippen LogP contribution in [0.2, 0.25) is 0 Å². The third-order valence-corrected chi connectivity index (χ3v) is 1.60. The molecule has 0 aromatic carbocycles. The standard InChI is InChI=1S/C9H7N3O2/c13-9-8(12-11-6-10-9)4-3-7-2-1-5-14-7/h1-6H,(H,10,11,13)/b4-3+. The van der Waals surface area contributed by atoms with E-state index in [0.717, 1.165) is 0 Å². The van der Waals surface area contributed by atoms with Crippen LogP contribution in [0.15, 0.2) is 33.9 Å². The Labute approximate surface area is 79.1 Å². The normalized spacial score (nSPS) is 10.9. The highest BCUT2D eigenvalue weighted by molar-refractivity contribution is 5.64. The minimum Gasteiger partial charge on any atom is -0.465 e. The maximum atomic E-state index is 11.1. The van der Waals surface area contributed by atoms with Crippen LogP contribution in [0.1, 0.15) is 11.5 Å². The van der Waals surface area contributed by atoms with Crippen LogP contribution < -0.4 is 5.56 Å². The zero-order chi connectivity index (χ0) is 9.80. The van der Waals surface area contributed by atoms with Gasteiger partial charge in [-0.25, -0.2) is 0 Å². The monoisotopic (exact) mass is 189 g/mol. The molecule has 5 nitrogen and oxygen atoms in total. The van der Waals surface area contributed by atoms with Gasteiger partial charge in [-0.2, -0.15) is 0 Å². The van der Waals surface area contributed by atoms with Crippen molar-refractivity contribution < 1.29 is 4.42 Å². The highest BCUT2D eigenvalue weighted by Gasteiger charge is 1.95. The number of furan rings is 1. The zero-order valence-electron chi connectivity index (χ0n) is 7.18. The van der Waals surface area contributed by atoms with Gasteiger partial charge in [0.15, 0.2) is 5.69 Å². The molecule has 0 saturated heterocycles. The number of hydrogen-bond donors (Lipinski definition) is 1. The molecule has 70 valence electrons. The Kier molecular flexibility index (Phi) is 2.22. The smallest absolute Gasteiger partial charge is 0.276 e. The van der Waals surface area contributed by atoms with Crippen molar-refractivity contribution in [3.05, 3.63) is 46.5 Å². The van der Waals surface area contributed by atoms with Crippen molar-refractivity contribution in [1.82, 2.24) is 15.2 Å². The fourth-order valence-electron chi connectivity index (χ4n) is 0.954. The second-order valence-corrected chi connectivity index (χ2v) is 2.55. The average Bonchev–Trinajstić information content (AvgIpc) is 2.69. The van der Waals surface area contributed by atoms with E-state index in [1.165, 1.54) is 6.33 Å². The summed E-state index contributed by atoms with van der Waals surface area (Å²) in [7, 11) is 0. The first kappa shape index (κ1) is 8.43. The number of aromatic amines is 1. The summed E-state index contributed by atoms with van der Waals surface area (Å²) in [5, 5.41) is 7.21. The third-order valence-electron chi connectivity index (χ3n) is 1.60. The minimum atomic E-state index is -0.275. The maximum Gasteiger partial charge on any atom is 0.276 e. The predicted molar refractivity (Wildman–Crippen MR) is 50.3 cm³/mol. The van der Waals surface area contributed by atoms with E-state index in [4.69, 9.17) is 4.42 Å². The van der Waals surface area contributed by atoms with E-state index in [1.54, 1.807) is 30.5 Å². The number of hydrogen-bond acceptors (Lipinski definition) is 4. The highest BCUT2D eigenvalue weighted by atomic mass is 16.3. The molecule has 5 heteroatoms. The molecule has 0 aliphatic rings. The summed E-state index contributed by atoms with van der Waals surface area (Å²) in [5.74, 6) is 0.662. The second kappa shape index (κ2) is 3.69. The molecule has 0 unspecified atom stereocenters. The van der Waals surface area contributed by atoms with Gasteiger partial charge < -0.3 is 9.40 Å². The number of aromatic nitrogens is 3. The van der Waals surface area contributed by atoms with Gasteiger partial charge in [0, 0.05) is 0 Å². The lowest BCUT2D eigenvalue weighted by atomic mass is 10.3. The number of H-pyrrole nitrogens is 1. The van der Waals surface area contributed by atoms with Gasteiger partial charge in [0.1, 0.15) is 12.1 Å². The van der Waals surface area contributed by atoms with Crippen molar-refractivity contribution in [3.8, 4) is 0 Å². The van der Waals surface area contributed by atoms with E-state index >= 15 is 0 Å². The van der Waals surface area contributed by atoms with Gasteiger partial charge in [-0.05, 0) is 24.3 Å². The van der Waals surface area contributed by atoms with Crippen molar-refractivity contribution >= 4 is 12.2 Å². The van der Waals surface area contributed by atoms with E-state index in [9.17, 15) is 4.79 Å². The minimum absolute atomic E-state index is 0.254. The van der Waals surface area contributed by atoms with Crippen molar-refractivity contribution in [2.24, 2.45) is 0 Å². The van der Waals surface area contributed by atoms with Gasteiger partial charge in [0.2, 0.25) is 0 Å². The number of rotatable bonds is 2. The van der Waals surface area contributed by atoms with Crippen molar-refractivity contribution in [1.29, 1.82) is 0 Å². The summed E-state index contributed by atoms with van der Waals surface area (Å²) in [6, 6.07) is 3.54. The molecule has 0 aliphatic heterocycles. The second-order valence-electron chi connectivity index (χ2n) is 2.55. The van der Waals surface area contributed by atoms with Gasteiger partial charge in [0.05, 0.1) is 6.26 Å². The lowest BCUT2D eigenvalue weighted by Crippen LogP contribution is -2.11. The topological polar surface area (TPSA) is 71.8 Å². The molecule has 0 bridgehead atoms. The molecule has 0 amide bonds. The van der Waals surface area contributed by atoms with E-state index in [0.29, 0.717) is 5.76 Å². The van der Waals surface area contributed by atoms with Gasteiger partial charge in [0.25, 0.3) is 5.56 Å². The third kappa shape index (κ3) is 1.77. The van der Waals surface area contributed by atoms with Crippen LogP contribution in [0.5, 0.6) is 0 Å². The van der Waals surface area contributed by atoms with Crippen LogP contribution in [0.25, 0.3) is 12.2 Å².